The molecule has 0 bridgehead atoms. The van der Waals surface area contributed by atoms with Gasteiger partial charge in [0.15, 0.2) is 11.2 Å². The third kappa shape index (κ3) is 1.44. The Hall–Kier alpha value is -1.14. The molecule has 0 aromatic carbocycles. The average molecular weight is 270 g/mol. The second-order valence-corrected chi connectivity index (χ2v) is 5.34. The Labute approximate surface area is 111 Å². The van der Waals surface area contributed by atoms with E-state index in [2.05, 4.69) is 0 Å². The fraction of sp³-hybridized carbons (Fsp3) is 0.846. The molecule has 2 aliphatic carbocycles. The fourth-order valence-electron chi connectivity index (χ4n) is 4.00. The predicted molar refractivity (Wildman–Crippen MR) is 61.9 cm³/mol. The Morgan fingerprint density at radius 1 is 1.11 bits per heavy atom. The zero-order valence-corrected chi connectivity index (χ0v) is 11.1. The minimum atomic E-state index is -1.23. The van der Waals surface area contributed by atoms with E-state index in [1.807, 2.05) is 0 Å². The van der Waals surface area contributed by atoms with Crippen molar-refractivity contribution in [3.8, 4) is 0 Å². The summed E-state index contributed by atoms with van der Waals surface area (Å²) in [5.74, 6) is -2.24. The number of methoxy groups -OCH3 is 2. The van der Waals surface area contributed by atoms with Crippen LogP contribution in [0.3, 0.4) is 0 Å². The lowest BCUT2D eigenvalue weighted by atomic mass is 9.93. The number of carbonyl (C=O) groups excluding carboxylic acids is 2. The van der Waals surface area contributed by atoms with Gasteiger partial charge in [0.1, 0.15) is 0 Å². The van der Waals surface area contributed by atoms with Crippen LogP contribution in [0.4, 0.5) is 0 Å². The van der Waals surface area contributed by atoms with Gasteiger partial charge in [-0.05, 0) is 18.8 Å². The highest BCUT2D eigenvalue weighted by atomic mass is 16.7. The zero-order valence-electron chi connectivity index (χ0n) is 11.1. The number of carbonyl (C=O) groups is 2. The third-order valence-corrected chi connectivity index (χ3v) is 4.71. The lowest BCUT2D eigenvalue weighted by Crippen LogP contribution is -2.41. The number of ether oxygens (including phenoxy) is 4. The second kappa shape index (κ2) is 4.18. The number of fused-ring (bicyclic) bond motifs is 2. The molecule has 6 heteroatoms. The minimum Gasteiger partial charge on any atom is -0.468 e. The highest BCUT2D eigenvalue weighted by molar-refractivity contribution is 6.05. The van der Waals surface area contributed by atoms with E-state index < -0.39 is 23.1 Å². The van der Waals surface area contributed by atoms with Crippen LogP contribution in [0.15, 0.2) is 0 Å². The van der Waals surface area contributed by atoms with Crippen molar-refractivity contribution in [3.63, 3.8) is 0 Å². The minimum absolute atomic E-state index is 0.0979. The quantitative estimate of drug-likeness (QED) is 0.537. The summed E-state index contributed by atoms with van der Waals surface area (Å²) in [5, 5.41) is 0. The highest BCUT2D eigenvalue weighted by Crippen LogP contribution is 2.71. The van der Waals surface area contributed by atoms with Crippen molar-refractivity contribution in [1.29, 1.82) is 0 Å². The molecule has 3 rings (SSSR count). The number of rotatable bonds is 2. The van der Waals surface area contributed by atoms with E-state index in [4.69, 9.17) is 18.9 Å². The van der Waals surface area contributed by atoms with E-state index in [9.17, 15) is 9.59 Å². The molecule has 0 aromatic heterocycles. The third-order valence-electron chi connectivity index (χ3n) is 4.71. The number of esters is 2. The molecule has 0 amide bonds. The van der Waals surface area contributed by atoms with Crippen molar-refractivity contribution in [2.75, 3.05) is 27.4 Å². The van der Waals surface area contributed by atoms with Gasteiger partial charge in [-0.1, -0.05) is 0 Å². The summed E-state index contributed by atoms with van der Waals surface area (Å²) in [7, 11) is 2.58. The predicted octanol–water partition coefficient (Wildman–Crippen LogP) is 0.492. The molecule has 2 unspecified atom stereocenters. The fourth-order valence-corrected chi connectivity index (χ4v) is 4.00. The summed E-state index contributed by atoms with van der Waals surface area (Å²) < 4.78 is 21.2. The molecule has 3 aliphatic rings. The Morgan fingerprint density at radius 2 is 1.68 bits per heavy atom. The maximum atomic E-state index is 12.2. The maximum absolute atomic E-state index is 12.2. The molecule has 0 N–H and O–H groups in total. The van der Waals surface area contributed by atoms with Gasteiger partial charge in [0.2, 0.25) is 0 Å². The summed E-state index contributed by atoms with van der Waals surface area (Å²) in [5.41, 5.74) is -1.23. The van der Waals surface area contributed by atoms with Crippen LogP contribution in [0.5, 0.6) is 0 Å². The van der Waals surface area contributed by atoms with Crippen LogP contribution in [-0.2, 0) is 28.5 Å². The largest absolute Gasteiger partial charge is 0.468 e. The lowest BCUT2D eigenvalue weighted by molar-refractivity contribution is -0.199. The maximum Gasteiger partial charge on any atom is 0.324 e. The summed E-state index contributed by atoms with van der Waals surface area (Å²) >= 11 is 0. The van der Waals surface area contributed by atoms with Crippen molar-refractivity contribution >= 4 is 11.9 Å². The Balaban J connectivity index is 1.99. The molecule has 0 aromatic rings. The molecule has 2 saturated carbocycles. The number of hydrogen-bond donors (Lipinski definition) is 0. The lowest BCUT2D eigenvalue weighted by Gasteiger charge is -2.31. The summed E-state index contributed by atoms with van der Waals surface area (Å²) in [6, 6.07) is 0. The van der Waals surface area contributed by atoms with Crippen LogP contribution in [0, 0.1) is 17.3 Å². The molecule has 19 heavy (non-hydrogen) atoms. The van der Waals surface area contributed by atoms with Crippen LogP contribution in [-0.4, -0.2) is 45.2 Å². The van der Waals surface area contributed by atoms with Crippen LogP contribution in [0.1, 0.15) is 19.3 Å². The molecule has 6 nitrogen and oxygen atoms in total. The zero-order chi connectivity index (χ0) is 13.7. The molecule has 106 valence electrons. The molecular weight excluding hydrogens is 252 g/mol. The van der Waals surface area contributed by atoms with Gasteiger partial charge in [-0.25, -0.2) is 0 Å². The van der Waals surface area contributed by atoms with Gasteiger partial charge in [-0.15, -0.1) is 0 Å². The second-order valence-electron chi connectivity index (χ2n) is 5.34. The molecule has 3 fully saturated rings. The van der Waals surface area contributed by atoms with E-state index in [1.165, 1.54) is 14.2 Å². The SMILES string of the molecule is COC(=O)C1(C(=O)OC)C2CCCC3(OCCO3)C21. The van der Waals surface area contributed by atoms with Gasteiger partial charge in [0.25, 0.3) is 0 Å². The van der Waals surface area contributed by atoms with Crippen LogP contribution in [0.25, 0.3) is 0 Å². The van der Waals surface area contributed by atoms with Gasteiger partial charge < -0.3 is 18.9 Å². The first-order valence-corrected chi connectivity index (χ1v) is 6.58. The topological polar surface area (TPSA) is 71.1 Å². The molecule has 2 atom stereocenters. The molecule has 1 aliphatic heterocycles. The Bertz CT molecular complexity index is 395. The molecule has 1 saturated heterocycles. The average Bonchev–Trinajstić information content (AvgIpc) is 2.94. The van der Waals surface area contributed by atoms with Gasteiger partial charge in [-0.2, -0.15) is 0 Å². The van der Waals surface area contributed by atoms with Gasteiger partial charge in [0, 0.05) is 12.3 Å². The normalized spacial score (nSPS) is 33.6. The van der Waals surface area contributed by atoms with Crippen molar-refractivity contribution < 1.29 is 28.5 Å². The van der Waals surface area contributed by atoms with E-state index in [0.29, 0.717) is 19.6 Å². The summed E-state index contributed by atoms with van der Waals surface area (Å²) in [6.07, 6.45) is 2.38. The first kappa shape index (κ1) is 12.9. The monoisotopic (exact) mass is 270 g/mol. The van der Waals surface area contributed by atoms with Crippen molar-refractivity contribution in [1.82, 2.24) is 0 Å². The molecule has 1 spiro atoms. The van der Waals surface area contributed by atoms with Crippen LogP contribution >= 0.6 is 0 Å². The molecule has 1 heterocycles. The summed E-state index contributed by atoms with van der Waals surface area (Å²) in [6.45, 7) is 1.00. The van der Waals surface area contributed by atoms with Crippen LogP contribution in [0.2, 0.25) is 0 Å². The Kier molecular flexibility index (Phi) is 2.83. The smallest absolute Gasteiger partial charge is 0.324 e. The standard InChI is InChI=1S/C13H18O6/c1-16-10(14)13(11(15)17-2)8-4-3-5-12(9(8)13)18-6-7-19-12/h8-9H,3-7H2,1-2H3. The number of hydrogen-bond acceptors (Lipinski definition) is 6. The first-order valence-electron chi connectivity index (χ1n) is 6.58. The van der Waals surface area contributed by atoms with E-state index in [-0.39, 0.29) is 11.8 Å². The highest BCUT2D eigenvalue weighted by Gasteiger charge is 2.83. The van der Waals surface area contributed by atoms with E-state index >= 15 is 0 Å². The summed E-state index contributed by atoms with van der Waals surface area (Å²) in [4.78, 5) is 24.3. The van der Waals surface area contributed by atoms with Crippen molar-refractivity contribution in [2.24, 2.45) is 17.3 Å². The van der Waals surface area contributed by atoms with Gasteiger partial charge >= 0.3 is 11.9 Å². The van der Waals surface area contributed by atoms with Crippen molar-refractivity contribution in [3.05, 3.63) is 0 Å². The van der Waals surface area contributed by atoms with E-state index in [1.54, 1.807) is 0 Å². The van der Waals surface area contributed by atoms with E-state index in [0.717, 1.165) is 12.8 Å². The van der Waals surface area contributed by atoms with Crippen molar-refractivity contribution in [2.45, 2.75) is 25.0 Å². The Morgan fingerprint density at radius 3 is 2.21 bits per heavy atom. The van der Waals surface area contributed by atoms with Gasteiger partial charge in [-0.3, -0.25) is 9.59 Å². The van der Waals surface area contributed by atoms with Crippen LogP contribution < -0.4 is 0 Å². The molecule has 0 radical (unpaired) electrons. The first-order chi connectivity index (χ1) is 9.13. The molecular formula is C13H18O6. The van der Waals surface area contributed by atoms with Gasteiger partial charge in [0.05, 0.1) is 27.4 Å².